The monoisotopic (exact) mass is 189 g/mol. The lowest BCUT2D eigenvalue weighted by molar-refractivity contribution is -0.137. The van der Waals surface area contributed by atoms with Crippen LogP contribution in [-0.4, -0.2) is 37.9 Å². The molecular formula is C9H19NO3. The second-order valence-electron chi connectivity index (χ2n) is 2.95. The van der Waals surface area contributed by atoms with E-state index in [1.165, 1.54) is 0 Å². The van der Waals surface area contributed by atoms with E-state index in [4.69, 9.17) is 9.84 Å². The molecule has 0 aliphatic heterocycles. The fourth-order valence-electron chi connectivity index (χ4n) is 0.993. The van der Waals surface area contributed by atoms with Crippen molar-refractivity contribution in [3.05, 3.63) is 0 Å². The van der Waals surface area contributed by atoms with Crippen molar-refractivity contribution in [3.63, 3.8) is 0 Å². The van der Waals surface area contributed by atoms with E-state index in [1.54, 1.807) is 7.11 Å². The van der Waals surface area contributed by atoms with E-state index in [9.17, 15) is 4.79 Å². The van der Waals surface area contributed by atoms with Gasteiger partial charge in [-0.25, -0.2) is 0 Å². The van der Waals surface area contributed by atoms with Crippen LogP contribution in [0.15, 0.2) is 0 Å². The van der Waals surface area contributed by atoms with Gasteiger partial charge < -0.3 is 15.2 Å². The predicted octanol–water partition coefficient (Wildman–Crippen LogP) is 0.867. The molecule has 0 aromatic heterocycles. The molecule has 0 rings (SSSR count). The number of ether oxygens (including phenoxy) is 1. The zero-order valence-corrected chi connectivity index (χ0v) is 8.21. The Balaban J connectivity index is 2.87. The Bertz CT molecular complexity index is 128. The summed E-state index contributed by atoms with van der Waals surface area (Å²) in [6, 6.07) is 0. The highest BCUT2D eigenvalue weighted by Gasteiger charge is 1.95. The average Bonchev–Trinajstić information content (AvgIpc) is 2.09. The lowest BCUT2D eigenvalue weighted by atomic mass is 10.2. The molecule has 4 nitrogen and oxygen atoms in total. The van der Waals surface area contributed by atoms with Gasteiger partial charge in [0, 0.05) is 20.1 Å². The second kappa shape index (κ2) is 9.48. The summed E-state index contributed by atoms with van der Waals surface area (Å²) in [5.74, 6) is -0.709. The molecule has 0 aliphatic rings. The number of nitrogens with one attached hydrogen (secondary N) is 1. The van der Waals surface area contributed by atoms with Crippen LogP contribution >= 0.6 is 0 Å². The van der Waals surface area contributed by atoms with E-state index >= 15 is 0 Å². The topological polar surface area (TPSA) is 58.6 Å². The molecule has 0 aliphatic carbocycles. The summed E-state index contributed by atoms with van der Waals surface area (Å²) in [6.45, 7) is 2.63. The van der Waals surface area contributed by atoms with Gasteiger partial charge in [0.1, 0.15) is 0 Å². The van der Waals surface area contributed by atoms with Gasteiger partial charge in [0.25, 0.3) is 0 Å². The van der Waals surface area contributed by atoms with Crippen LogP contribution in [0.4, 0.5) is 0 Å². The molecule has 0 unspecified atom stereocenters. The average molecular weight is 189 g/mol. The van der Waals surface area contributed by atoms with E-state index < -0.39 is 5.97 Å². The van der Waals surface area contributed by atoms with Gasteiger partial charge in [-0.2, -0.15) is 0 Å². The summed E-state index contributed by atoms with van der Waals surface area (Å²) in [7, 11) is 1.69. The molecule has 78 valence electrons. The minimum Gasteiger partial charge on any atom is -0.481 e. The van der Waals surface area contributed by atoms with E-state index in [1.807, 2.05) is 0 Å². The second-order valence-corrected chi connectivity index (χ2v) is 2.95. The Hall–Kier alpha value is -0.610. The van der Waals surface area contributed by atoms with Gasteiger partial charge in [-0.15, -0.1) is 0 Å². The van der Waals surface area contributed by atoms with Crippen LogP contribution < -0.4 is 5.32 Å². The minimum absolute atomic E-state index is 0.278. The highest BCUT2D eigenvalue weighted by atomic mass is 16.5. The van der Waals surface area contributed by atoms with Gasteiger partial charge >= 0.3 is 5.97 Å². The van der Waals surface area contributed by atoms with Gasteiger partial charge in [-0.1, -0.05) is 0 Å². The van der Waals surface area contributed by atoms with E-state index in [0.29, 0.717) is 0 Å². The number of methoxy groups -OCH3 is 1. The third kappa shape index (κ3) is 11.4. The first-order valence-electron chi connectivity index (χ1n) is 4.69. The van der Waals surface area contributed by atoms with Crippen LogP contribution in [0.5, 0.6) is 0 Å². The number of rotatable bonds is 9. The fraction of sp³-hybridized carbons (Fsp3) is 0.889. The van der Waals surface area contributed by atoms with Crippen LogP contribution in [0.1, 0.15) is 25.7 Å². The van der Waals surface area contributed by atoms with E-state index in [2.05, 4.69) is 5.32 Å². The Kier molecular flexibility index (Phi) is 9.03. The lowest BCUT2D eigenvalue weighted by Gasteiger charge is -2.02. The van der Waals surface area contributed by atoms with Gasteiger partial charge in [0.2, 0.25) is 0 Å². The molecular weight excluding hydrogens is 170 g/mol. The largest absolute Gasteiger partial charge is 0.481 e. The SMILES string of the molecule is COCCCNCCCCC(=O)O. The molecule has 0 saturated heterocycles. The van der Waals surface area contributed by atoms with Crippen LogP contribution in [-0.2, 0) is 9.53 Å². The van der Waals surface area contributed by atoms with E-state index in [0.717, 1.165) is 39.0 Å². The molecule has 0 fully saturated rings. The van der Waals surface area contributed by atoms with Crippen molar-refractivity contribution >= 4 is 5.97 Å². The van der Waals surface area contributed by atoms with Crippen molar-refractivity contribution in [2.45, 2.75) is 25.7 Å². The fourth-order valence-corrected chi connectivity index (χ4v) is 0.993. The van der Waals surface area contributed by atoms with Gasteiger partial charge in [0.05, 0.1) is 0 Å². The van der Waals surface area contributed by atoms with Gasteiger partial charge in [-0.3, -0.25) is 4.79 Å². The molecule has 0 spiro atoms. The Morgan fingerprint density at radius 1 is 1.31 bits per heavy atom. The number of carboxylic acid groups (broad SMARTS) is 1. The molecule has 0 heterocycles. The third-order valence-corrected chi connectivity index (χ3v) is 1.70. The summed E-state index contributed by atoms with van der Waals surface area (Å²) >= 11 is 0. The number of hydrogen-bond acceptors (Lipinski definition) is 3. The molecule has 0 aromatic carbocycles. The quantitative estimate of drug-likeness (QED) is 0.528. The molecule has 4 heteroatoms. The maximum atomic E-state index is 10.1. The first kappa shape index (κ1) is 12.4. The van der Waals surface area contributed by atoms with Crippen molar-refractivity contribution < 1.29 is 14.6 Å². The van der Waals surface area contributed by atoms with E-state index in [-0.39, 0.29) is 6.42 Å². The molecule has 0 radical (unpaired) electrons. The molecule has 0 saturated carbocycles. The maximum absolute atomic E-state index is 10.1. The Morgan fingerprint density at radius 2 is 2.00 bits per heavy atom. The van der Waals surface area contributed by atoms with Crippen LogP contribution in [0.2, 0.25) is 0 Å². The van der Waals surface area contributed by atoms with Crippen LogP contribution in [0, 0.1) is 0 Å². The van der Waals surface area contributed by atoms with Crippen molar-refractivity contribution in [3.8, 4) is 0 Å². The molecule has 0 aromatic rings. The number of aliphatic carboxylic acids is 1. The van der Waals surface area contributed by atoms with Crippen molar-refractivity contribution in [1.29, 1.82) is 0 Å². The standard InChI is InChI=1S/C9H19NO3/c1-13-8-4-7-10-6-3-2-5-9(11)12/h10H,2-8H2,1H3,(H,11,12). The molecule has 13 heavy (non-hydrogen) atoms. The van der Waals surface area contributed by atoms with Crippen LogP contribution in [0.3, 0.4) is 0 Å². The van der Waals surface area contributed by atoms with Crippen molar-refractivity contribution in [2.24, 2.45) is 0 Å². The highest BCUT2D eigenvalue weighted by Crippen LogP contribution is 1.93. The van der Waals surface area contributed by atoms with Crippen LogP contribution in [0.25, 0.3) is 0 Å². The summed E-state index contributed by atoms with van der Waals surface area (Å²) in [6.07, 6.45) is 2.97. The zero-order valence-electron chi connectivity index (χ0n) is 8.21. The number of unbranched alkanes of at least 4 members (excludes halogenated alkanes) is 1. The summed E-state index contributed by atoms with van der Waals surface area (Å²) < 4.78 is 4.88. The normalized spacial score (nSPS) is 10.2. The Labute approximate surface area is 79.3 Å². The van der Waals surface area contributed by atoms with Gasteiger partial charge in [-0.05, 0) is 32.4 Å². The summed E-state index contributed by atoms with van der Waals surface area (Å²) in [5, 5.41) is 11.6. The van der Waals surface area contributed by atoms with Crippen molar-refractivity contribution in [1.82, 2.24) is 5.32 Å². The highest BCUT2D eigenvalue weighted by molar-refractivity contribution is 5.66. The maximum Gasteiger partial charge on any atom is 0.303 e. The number of carboxylic acids is 1. The zero-order chi connectivity index (χ0) is 9.94. The first-order chi connectivity index (χ1) is 6.27. The summed E-state index contributed by atoms with van der Waals surface area (Å²) in [5.41, 5.74) is 0. The molecule has 0 atom stereocenters. The first-order valence-corrected chi connectivity index (χ1v) is 4.69. The predicted molar refractivity (Wildman–Crippen MR) is 50.8 cm³/mol. The smallest absolute Gasteiger partial charge is 0.303 e. The van der Waals surface area contributed by atoms with Crippen molar-refractivity contribution in [2.75, 3.05) is 26.8 Å². The minimum atomic E-state index is -0.709. The van der Waals surface area contributed by atoms with Gasteiger partial charge in [0.15, 0.2) is 0 Å². The summed E-state index contributed by atoms with van der Waals surface area (Å²) in [4.78, 5) is 10.1. The third-order valence-electron chi connectivity index (χ3n) is 1.70. The lowest BCUT2D eigenvalue weighted by Crippen LogP contribution is -2.18. The molecule has 0 bridgehead atoms. The number of hydrogen-bond donors (Lipinski definition) is 2. The molecule has 2 N–H and O–H groups in total. The number of carbonyl (C=O) groups is 1. The molecule has 0 amide bonds. The Morgan fingerprint density at radius 3 is 2.62 bits per heavy atom.